The zero-order valence-corrected chi connectivity index (χ0v) is 23.1. The van der Waals surface area contributed by atoms with Crippen molar-refractivity contribution in [3.05, 3.63) is 43.8 Å². The summed E-state index contributed by atoms with van der Waals surface area (Å²) in [6.07, 6.45) is 8.88. The molecular formula is C28H48O2Si. The van der Waals surface area contributed by atoms with E-state index in [0.717, 1.165) is 51.4 Å². The van der Waals surface area contributed by atoms with Crippen molar-refractivity contribution < 1.29 is 8.85 Å². The van der Waals surface area contributed by atoms with E-state index in [1.165, 1.54) is 0 Å². The molecular weight excluding hydrogens is 396 g/mol. The molecule has 0 aromatic rings. The lowest BCUT2D eigenvalue weighted by molar-refractivity contribution is 0.253. The van der Waals surface area contributed by atoms with Crippen LogP contribution in [0.5, 0.6) is 0 Å². The molecule has 0 aromatic carbocycles. The third kappa shape index (κ3) is 4.00. The Balaban J connectivity index is 2.90. The predicted molar refractivity (Wildman–Crippen MR) is 137 cm³/mol. The maximum absolute atomic E-state index is 6.70. The fraction of sp³-hybridized carbons (Fsp3) is 0.714. The Morgan fingerprint density at radius 1 is 0.516 bits per heavy atom. The Morgan fingerprint density at radius 2 is 0.839 bits per heavy atom. The zero-order valence-electron chi connectivity index (χ0n) is 22.1. The van der Waals surface area contributed by atoms with E-state index >= 15 is 0 Å². The van der Waals surface area contributed by atoms with E-state index < -0.39 is 8.56 Å². The van der Waals surface area contributed by atoms with Crippen molar-refractivity contribution in [1.82, 2.24) is 0 Å². The first-order chi connectivity index (χ1) is 15.0. The Hall–Kier alpha value is -0.903. The number of allylic oxidation sites excluding steroid dienone is 8. The van der Waals surface area contributed by atoms with Gasteiger partial charge in [0.05, 0.1) is 0 Å². The second-order valence-electron chi connectivity index (χ2n) is 8.86. The molecule has 0 amide bonds. The van der Waals surface area contributed by atoms with Gasteiger partial charge in [-0.3, -0.25) is 0 Å². The molecule has 0 spiro atoms. The molecule has 2 unspecified atom stereocenters. The first kappa shape index (κ1) is 26.4. The van der Waals surface area contributed by atoms with E-state index in [0.29, 0.717) is 11.8 Å². The summed E-state index contributed by atoms with van der Waals surface area (Å²) in [5.74, 6) is 0.945. The van der Waals surface area contributed by atoms with Crippen molar-refractivity contribution in [2.75, 3.05) is 14.2 Å². The summed E-state index contributed by atoms with van der Waals surface area (Å²) in [6.45, 7) is 18.7. The summed E-state index contributed by atoms with van der Waals surface area (Å²) in [6, 6.07) is 0. The highest BCUT2D eigenvalue weighted by Crippen LogP contribution is 2.54. The summed E-state index contributed by atoms with van der Waals surface area (Å²) >= 11 is 0. The van der Waals surface area contributed by atoms with Crippen LogP contribution < -0.4 is 0 Å². The Kier molecular flexibility index (Phi) is 9.60. The molecule has 0 fully saturated rings. The van der Waals surface area contributed by atoms with Crippen molar-refractivity contribution in [1.29, 1.82) is 0 Å². The van der Waals surface area contributed by atoms with E-state index in [4.69, 9.17) is 8.85 Å². The summed E-state index contributed by atoms with van der Waals surface area (Å²) in [5, 5.41) is 3.09. The van der Waals surface area contributed by atoms with Gasteiger partial charge in [-0.2, -0.15) is 0 Å². The van der Waals surface area contributed by atoms with Crippen LogP contribution in [0.25, 0.3) is 0 Å². The smallest absolute Gasteiger partial charge is 0.391 e. The fourth-order valence-corrected chi connectivity index (χ4v) is 11.4. The average molecular weight is 445 g/mol. The topological polar surface area (TPSA) is 18.5 Å². The summed E-state index contributed by atoms with van der Waals surface area (Å²) in [7, 11) is 1.09. The molecule has 0 aromatic heterocycles. The molecule has 2 atom stereocenters. The van der Waals surface area contributed by atoms with Crippen LogP contribution in [0, 0.1) is 11.8 Å². The highest BCUT2D eigenvalue weighted by molar-refractivity contribution is 6.82. The Morgan fingerprint density at radius 3 is 1.03 bits per heavy atom. The third-order valence-electron chi connectivity index (χ3n) is 7.97. The van der Waals surface area contributed by atoms with Crippen LogP contribution >= 0.6 is 0 Å². The lowest BCUT2D eigenvalue weighted by atomic mass is 9.94. The first-order valence-electron chi connectivity index (χ1n) is 13.0. The molecule has 176 valence electrons. The second kappa shape index (κ2) is 11.3. The quantitative estimate of drug-likeness (QED) is 0.281. The van der Waals surface area contributed by atoms with Gasteiger partial charge in [-0.1, -0.05) is 66.5 Å². The van der Waals surface area contributed by atoms with E-state index in [1.807, 2.05) is 14.2 Å². The van der Waals surface area contributed by atoms with Crippen LogP contribution in [0.3, 0.4) is 0 Å². The molecule has 0 radical (unpaired) electrons. The van der Waals surface area contributed by atoms with Gasteiger partial charge in [-0.05, 0) is 84.1 Å². The van der Waals surface area contributed by atoms with Crippen LogP contribution in [0.2, 0.25) is 0 Å². The lowest BCUT2D eigenvalue weighted by Gasteiger charge is -2.38. The SMILES string of the molecule is CCC1=C(CC)C(CC)C([Si](OC)(OC)C2=C(CC)C(CC)=C(CC)C2CC)=C1CC. The van der Waals surface area contributed by atoms with Crippen molar-refractivity contribution in [3.63, 3.8) is 0 Å². The average Bonchev–Trinajstić information content (AvgIpc) is 3.31. The predicted octanol–water partition coefficient (Wildman–Crippen LogP) is 8.53. The van der Waals surface area contributed by atoms with Crippen LogP contribution in [0.1, 0.15) is 107 Å². The van der Waals surface area contributed by atoms with Crippen LogP contribution in [0.4, 0.5) is 0 Å². The van der Waals surface area contributed by atoms with Crippen molar-refractivity contribution in [3.8, 4) is 0 Å². The van der Waals surface area contributed by atoms with Gasteiger partial charge in [0.15, 0.2) is 0 Å². The van der Waals surface area contributed by atoms with Crippen LogP contribution in [-0.4, -0.2) is 22.8 Å². The molecule has 0 aliphatic heterocycles. The van der Waals surface area contributed by atoms with Crippen molar-refractivity contribution in [2.24, 2.45) is 11.8 Å². The molecule has 0 N–H and O–H groups in total. The summed E-state index contributed by atoms with van der Waals surface area (Å²) < 4.78 is 13.4. The molecule has 3 heteroatoms. The summed E-state index contributed by atoms with van der Waals surface area (Å²) in [4.78, 5) is 0. The summed E-state index contributed by atoms with van der Waals surface area (Å²) in [5.41, 5.74) is 9.60. The minimum Gasteiger partial charge on any atom is -0.391 e. The largest absolute Gasteiger partial charge is 0.400 e. The van der Waals surface area contributed by atoms with Gasteiger partial charge in [0.1, 0.15) is 0 Å². The minimum atomic E-state index is -2.77. The van der Waals surface area contributed by atoms with E-state index in [9.17, 15) is 0 Å². The molecule has 0 bridgehead atoms. The van der Waals surface area contributed by atoms with Gasteiger partial charge in [-0.25, -0.2) is 0 Å². The zero-order chi connectivity index (χ0) is 23.3. The third-order valence-corrected chi connectivity index (χ3v) is 11.8. The highest BCUT2D eigenvalue weighted by atomic mass is 28.4. The molecule has 31 heavy (non-hydrogen) atoms. The van der Waals surface area contributed by atoms with Gasteiger partial charge in [0.2, 0.25) is 0 Å². The minimum absolute atomic E-state index is 0.473. The van der Waals surface area contributed by atoms with E-state index in [1.54, 1.807) is 43.8 Å². The molecule has 0 saturated heterocycles. The molecule has 2 rings (SSSR count). The van der Waals surface area contributed by atoms with Gasteiger partial charge in [-0.15, -0.1) is 0 Å². The van der Waals surface area contributed by atoms with Gasteiger partial charge in [0, 0.05) is 26.1 Å². The highest BCUT2D eigenvalue weighted by Gasteiger charge is 2.55. The monoisotopic (exact) mass is 444 g/mol. The maximum atomic E-state index is 6.70. The Bertz CT molecular complexity index is 715. The Labute approximate surface area is 194 Å². The van der Waals surface area contributed by atoms with Gasteiger partial charge < -0.3 is 8.85 Å². The van der Waals surface area contributed by atoms with E-state index in [2.05, 4.69) is 55.4 Å². The van der Waals surface area contributed by atoms with Gasteiger partial charge in [0.25, 0.3) is 0 Å². The molecule has 0 heterocycles. The standard InChI is InChI=1S/C28H48O2Si/c1-11-19-20(12-2)24(16-6)27(23(19)15-5)31(29-9,30-10)28-25(17-7)21(13-3)22(14-4)26(28)18-8/h23,25H,11-18H2,1-10H3. The number of hydrogen-bond donors (Lipinski definition) is 0. The van der Waals surface area contributed by atoms with Crippen LogP contribution in [0.15, 0.2) is 43.8 Å². The molecule has 2 aliphatic rings. The molecule has 0 saturated carbocycles. The van der Waals surface area contributed by atoms with E-state index in [-0.39, 0.29) is 0 Å². The number of rotatable bonds is 12. The molecule has 2 nitrogen and oxygen atoms in total. The molecule has 2 aliphatic carbocycles. The van der Waals surface area contributed by atoms with Crippen molar-refractivity contribution >= 4 is 8.56 Å². The normalized spacial score (nSPS) is 22.6. The van der Waals surface area contributed by atoms with Crippen molar-refractivity contribution in [2.45, 2.75) is 107 Å². The lowest BCUT2D eigenvalue weighted by Crippen LogP contribution is -2.50. The first-order valence-corrected chi connectivity index (χ1v) is 14.8. The maximum Gasteiger partial charge on any atom is 0.400 e. The second-order valence-corrected chi connectivity index (χ2v) is 12.0. The van der Waals surface area contributed by atoms with Crippen LogP contribution in [-0.2, 0) is 8.85 Å². The van der Waals surface area contributed by atoms with Gasteiger partial charge >= 0.3 is 8.56 Å². The number of hydrogen-bond acceptors (Lipinski definition) is 2. The fourth-order valence-electron chi connectivity index (χ4n) is 6.94.